The molecule has 0 radical (unpaired) electrons. The summed E-state index contributed by atoms with van der Waals surface area (Å²) in [5, 5.41) is 7.23. The third-order valence-electron chi connectivity index (χ3n) is 5.73. The van der Waals surface area contributed by atoms with Crippen molar-refractivity contribution < 1.29 is 9.47 Å². The van der Waals surface area contributed by atoms with Crippen LogP contribution in [-0.4, -0.2) is 27.3 Å². The number of methoxy groups -OCH3 is 2. The number of nitrogens with one attached hydrogen (secondary N) is 2. The molecule has 2 aromatic rings. The van der Waals surface area contributed by atoms with Crippen LogP contribution in [0, 0.1) is 0 Å². The Morgan fingerprint density at radius 1 is 1.04 bits per heavy atom. The minimum Gasteiger partial charge on any atom is -0.497 e. The van der Waals surface area contributed by atoms with Crippen molar-refractivity contribution in [3.8, 4) is 11.5 Å². The second-order valence-corrected chi connectivity index (χ2v) is 7.28. The van der Waals surface area contributed by atoms with E-state index in [4.69, 9.17) is 9.47 Å². The standard InChI is InChI=1S/C22H28N2O2/c1-25-18-12-17(13-19(14-18)26-2)23-9-10-24-21-11-16-7-3-5-15-6-4-8-20(21)22(15)16/h4,6,8,12-14,16,21,23-24H,3,5,7,9-11H2,1-2H3. The Balaban J connectivity index is 1.35. The van der Waals surface area contributed by atoms with Crippen LogP contribution in [0.25, 0.3) is 0 Å². The Hall–Kier alpha value is -2.20. The molecule has 138 valence electrons. The van der Waals surface area contributed by atoms with Crippen LogP contribution >= 0.6 is 0 Å². The van der Waals surface area contributed by atoms with Gasteiger partial charge in [0.2, 0.25) is 0 Å². The van der Waals surface area contributed by atoms with Gasteiger partial charge in [0.05, 0.1) is 14.2 Å². The molecular formula is C22H28N2O2. The van der Waals surface area contributed by atoms with E-state index in [9.17, 15) is 0 Å². The van der Waals surface area contributed by atoms with Crippen molar-refractivity contribution in [3.63, 3.8) is 0 Å². The van der Waals surface area contributed by atoms with Crippen LogP contribution in [0.15, 0.2) is 36.4 Å². The lowest BCUT2D eigenvalue weighted by Gasteiger charge is -2.20. The number of benzene rings is 2. The largest absolute Gasteiger partial charge is 0.497 e. The smallest absolute Gasteiger partial charge is 0.124 e. The highest BCUT2D eigenvalue weighted by Gasteiger charge is 2.33. The van der Waals surface area contributed by atoms with Crippen molar-refractivity contribution in [2.45, 2.75) is 37.6 Å². The van der Waals surface area contributed by atoms with Crippen LogP contribution in [-0.2, 0) is 6.42 Å². The van der Waals surface area contributed by atoms with E-state index < -0.39 is 0 Å². The number of ether oxygens (including phenoxy) is 2. The number of hydrogen-bond donors (Lipinski definition) is 2. The average Bonchev–Trinajstić information content (AvgIpc) is 3.05. The van der Waals surface area contributed by atoms with Crippen molar-refractivity contribution in [2.75, 3.05) is 32.6 Å². The third kappa shape index (κ3) is 3.38. The minimum atomic E-state index is 0.495. The van der Waals surface area contributed by atoms with Crippen LogP contribution in [0.4, 0.5) is 5.69 Å². The maximum Gasteiger partial charge on any atom is 0.124 e. The van der Waals surface area contributed by atoms with Gasteiger partial charge in [-0.15, -0.1) is 0 Å². The maximum absolute atomic E-state index is 5.33. The molecule has 0 bridgehead atoms. The summed E-state index contributed by atoms with van der Waals surface area (Å²) in [7, 11) is 3.35. The molecule has 4 nitrogen and oxygen atoms in total. The molecule has 2 aromatic carbocycles. The van der Waals surface area contributed by atoms with Gasteiger partial charge in [0, 0.05) is 43.0 Å². The first-order valence-corrected chi connectivity index (χ1v) is 9.60. The Morgan fingerprint density at radius 2 is 1.85 bits per heavy atom. The lowest BCUT2D eigenvalue weighted by molar-refractivity contribution is 0.394. The van der Waals surface area contributed by atoms with Crippen LogP contribution in [0.5, 0.6) is 11.5 Å². The maximum atomic E-state index is 5.33. The molecule has 0 heterocycles. The number of aryl methyl sites for hydroxylation is 1. The predicted octanol–water partition coefficient (Wildman–Crippen LogP) is 4.27. The third-order valence-corrected chi connectivity index (χ3v) is 5.73. The second-order valence-electron chi connectivity index (χ2n) is 7.28. The summed E-state index contributed by atoms with van der Waals surface area (Å²) in [6.07, 6.45) is 5.20. The second kappa shape index (κ2) is 7.58. The molecule has 0 fully saturated rings. The average molecular weight is 352 g/mol. The van der Waals surface area contributed by atoms with Gasteiger partial charge in [-0.1, -0.05) is 18.2 Å². The molecule has 0 saturated carbocycles. The number of anilines is 1. The van der Waals surface area contributed by atoms with Crippen LogP contribution in [0.3, 0.4) is 0 Å². The van der Waals surface area contributed by atoms with Crippen molar-refractivity contribution in [2.24, 2.45) is 0 Å². The SMILES string of the molecule is COc1cc(NCCNC2CC3CCCc4cccc2c43)cc(OC)c1. The molecule has 4 heteroatoms. The molecule has 0 aromatic heterocycles. The molecule has 2 unspecified atom stereocenters. The normalized spacial score (nSPS) is 20.5. The summed E-state index contributed by atoms with van der Waals surface area (Å²) in [6.45, 7) is 1.80. The molecule has 0 aliphatic heterocycles. The number of rotatable bonds is 7. The molecular weight excluding hydrogens is 324 g/mol. The quantitative estimate of drug-likeness (QED) is 0.730. The van der Waals surface area contributed by atoms with Gasteiger partial charge in [-0.25, -0.2) is 0 Å². The molecule has 26 heavy (non-hydrogen) atoms. The topological polar surface area (TPSA) is 42.5 Å². The van der Waals surface area contributed by atoms with E-state index >= 15 is 0 Å². The highest BCUT2D eigenvalue weighted by molar-refractivity contribution is 5.53. The van der Waals surface area contributed by atoms with Gasteiger partial charge in [0.15, 0.2) is 0 Å². The Kier molecular flexibility index (Phi) is 5.02. The van der Waals surface area contributed by atoms with E-state index in [0.717, 1.165) is 36.2 Å². The van der Waals surface area contributed by atoms with Crippen molar-refractivity contribution in [1.29, 1.82) is 0 Å². The summed E-state index contributed by atoms with van der Waals surface area (Å²) in [5.41, 5.74) is 5.80. The highest BCUT2D eigenvalue weighted by atomic mass is 16.5. The minimum absolute atomic E-state index is 0.495. The van der Waals surface area contributed by atoms with E-state index in [1.807, 2.05) is 18.2 Å². The molecule has 4 rings (SSSR count). The van der Waals surface area contributed by atoms with Crippen molar-refractivity contribution >= 4 is 5.69 Å². The van der Waals surface area contributed by atoms with E-state index in [0.29, 0.717) is 6.04 Å². The zero-order chi connectivity index (χ0) is 17.9. The molecule has 2 N–H and O–H groups in total. The summed E-state index contributed by atoms with van der Waals surface area (Å²) in [6, 6.07) is 13.3. The predicted molar refractivity (Wildman–Crippen MR) is 106 cm³/mol. The first kappa shape index (κ1) is 17.2. The summed E-state index contributed by atoms with van der Waals surface area (Å²) < 4.78 is 10.7. The van der Waals surface area contributed by atoms with Crippen LogP contribution < -0.4 is 20.1 Å². The first-order chi connectivity index (χ1) is 12.8. The zero-order valence-electron chi connectivity index (χ0n) is 15.7. The fraction of sp³-hybridized carbons (Fsp3) is 0.455. The van der Waals surface area contributed by atoms with Crippen molar-refractivity contribution in [3.05, 3.63) is 53.1 Å². The highest BCUT2D eigenvalue weighted by Crippen LogP contribution is 2.47. The van der Waals surface area contributed by atoms with Gasteiger partial charge in [-0.3, -0.25) is 0 Å². The molecule has 0 saturated heterocycles. The Bertz CT molecular complexity index is 752. The van der Waals surface area contributed by atoms with E-state index in [2.05, 4.69) is 28.8 Å². The van der Waals surface area contributed by atoms with Gasteiger partial charge in [0.1, 0.15) is 11.5 Å². The van der Waals surface area contributed by atoms with Gasteiger partial charge < -0.3 is 20.1 Å². The van der Waals surface area contributed by atoms with E-state index in [1.54, 1.807) is 25.3 Å². The monoisotopic (exact) mass is 352 g/mol. The molecule has 2 atom stereocenters. The summed E-state index contributed by atoms with van der Waals surface area (Å²) in [4.78, 5) is 0. The van der Waals surface area contributed by atoms with Gasteiger partial charge in [-0.05, 0) is 48.3 Å². The summed E-state index contributed by atoms with van der Waals surface area (Å²) in [5.74, 6) is 2.37. The van der Waals surface area contributed by atoms with Crippen LogP contribution in [0.1, 0.15) is 47.9 Å². The Morgan fingerprint density at radius 3 is 2.62 bits per heavy atom. The lowest BCUT2D eigenvalue weighted by atomic mass is 9.84. The lowest BCUT2D eigenvalue weighted by Crippen LogP contribution is -2.25. The first-order valence-electron chi connectivity index (χ1n) is 9.60. The fourth-order valence-electron chi connectivity index (χ4n) is 4.54. The van der Waals surface area contributed by atoms with E-state index in [1.165, 1.54) is 31.2 Å². The van der Waals surface area contributed by atoms with E-state index in [-0.39, 0.29) is 0 Å². The Labute approximate surface area is 155 Å². The molecule has 2 aliphatic carbocycles. The van der Waals surface area contributed by atoms with Crippen molar-refractivity contribution in [1.82, 2.24) is 5.32 Å². The fourth-order valence-corrected chi connectivity index (χ4v) is 4.54. The molecule has 2 aliphatic rings. The van der Waals surface area contributed by atoms with Gasteiger partial charge in [0.25, 0.3) is 0 Å². The van der Waals surface area contributed by atoms with Gasteiger partial charge >= 0.3 is 0 Å². The molecule has 0 spiro atoms. The number of hydrogen-bond acceptors (Lipinski definition) is 4. The van der Waals surface area contributed by atoms with Gasteiger partial charge in [-0.2, -0.15) is 0 Å². The van der Waals surface area contributed by atoms with Crippen LogP contribution in [0.2, 0.25) is 0 Å². The zero-order valence-corrected chi connectivity index (χ0v) is 15.7. The molecule has 0 amide bonds. The summed E-state index contributed by atoms with van der Waals surface area (Å²) >= 11 is 0.